The van der Waals surface area contributed by atoms with Gasteiger partial charge in [0.05, 0.1) is 10.0 Å². The van der Waals surface area contributed by atoms with Crippen LogP contribution < -0.4 is 5.32 Å². The molecule has 2 heterocycles. The zero-order chi connectivity index (χ0) is 18.8. The Morgan fingerprint density at radius 2 is 1.81 bits per heavy atom. The molecule has 1 aliphatic rings. The van der Waals surface area contributed by atoms with Gasteiger partial charge in [-0.15, -0.1) is 0 Å². The van der Waals surface area contributed by atoms with Crippen molar-refractivity contribution in [2.45, 2.75) is 13.0 Å². The van der Waals surface area contributed by atoms with E-state index in [0.29, 0.717) is 34.6 Å². The highest BCUT2D eigenvalue weighted by Crippen LogP contribution is 2.27. The van der Waals surface area contributed by atoms with Crippen LogP contribution in [0.25, 0.3) is 0 Å². The molecule has 0 radical (unpaired) electrons. The summed E-state index contributed by atoms with van der Waals surface area (Å²) in [5.74, 6) is 0.410. The van der Waals surface area contributed by atoms with Gasteiger partial charge in [0.2, 0.25) is 0 Å². The predicted octanol–water partition coefficient (Wildman–Crippen LogP) is 4.73. The smallest absolute Gasteiger partial charge is 0.272 e. The van der Waals surface area contributed by atoms with E-state index >= 15 is 0 Å². The summed E-state index contributed by atoms with van der Waals surface area (Å²) in [6.45, 7) is 1.27. The number of nitrogens with zero attached hydrogens (tertiary/aromatic N) is 3. The van der Waals surface area contributed by atoms with Gasteiger partial charge in [0.15, 0.2) is 0 Å². The van der Waals surface area contributed by atoms with Gasteiger partial charge in [0.1, 0.15) is 17.8 Å². The molecule has 0 unspecified atom stereocenters. The number of carbonyl (C=O) groups excluding carboxylic acids is 1. The van der Waals surface area contributed by atoms with Crippen molar-refractivity contribution in [2.75, 3.05) is 11.9 Å². The topological polar surface area (TPSA) is 58.1 Å². The predicted molar refractivity (Wildman–Crippen MR) is 107 cm³/mol. The second-order valence-electron chi connectivity index (χ2n) is 6.29. The maximum Gasteiger partial charge on any atom is 0.272 e. The lowest BCUT2D eigenvalue weighted by atomic mass is 10.00. The van der Waals surface area contributed by atoms with Crippen LogP contribution in [0, 0.1) is 0 Å². The monoisotopic (exact) mass is 398 g/mol. The molecule has 0 aliphatic carbocycles. The van der Waals surface area contributed by atoms with Crippen molar-refractivity contribution < 1.29 is 4.79 Å². The summed E-state index contributed by atoms with van der Waals surface area (Å²) in [5.41, 5.74) is 3.56. The molecular weight excluding hydrogens is 383 g/mol. The lowest BCUT2D eigenvalue weighted by Gasteiger charge is -2.28. The van der Waals surface area contributed by atoms with Gasteiger partial charge >= 0.3 is 0 Å². The summed E-state index contributed by atoms with van der Waals surface area (Å²) in [6.07, 6.45) is 2.23. The van der Waals surface area contributed by atoms with Gasteiger partial charge in [-0.1, -0.05) is 47.5 Å². The van der Waals surface area contributed by atoms with E-state index in [1.165, 1.54) is 17.5 Å². The van der Waals surface area contributed by atoms with E-state index in [1.807, 2.05) is 17.0 Å². The summed E-state index contributed by atoms with van der Waals surface area (Å²) in [4.78, 5) is 23.0. The SMILES string of the molecule is O=C(c1cc(Nc2ccc(Cl)c(Cl)c2)ncn1)N1CCc2ccccc2C1. The molecule has 1 N–H and O–H groups in total. The molecule has 0 fully saturated rings. The number of benzene rings is 2. The Kier molecular flexibility index (Phi) is 4.97. The Bertz CT molecular complexity index is 1010. The molecule has 1 aliphatic heterocycles. The van der Waals surface area contributed by atoms with E-state index in [4.69, 9.17) is 23.2 Å². The molecule has 0 atom stereocenters. The molecule has 0 spiro atoms. The van der Waals surface area contributed by atoms with E-state index in [2.05, 4.69) is 27.4 Å². The van der Waals surface area contributed by atoms with Crippen molar-refractivity contribution in [3.8, 4) is 0 Å². The summed E-state index contributed by atoms with van der Waals surface area (Å²) < 4.78 is 0. The highest BCUT2D eigenvalue weighted by Gasteiger charge is 2.22. The summed E-state index contributed by atoms with van der Waals surface area (Å²) in [6, 6.07) is 15.0. The molecule has 27 heavy (non-hydrogen) atoms. The van der Waals surface area contributed by atoms with Crippen molar-refractivity contribution in [1.29, 1.82) is 0 Å². The molecule has 4 rings (SSSR count). The first kappa shape index (κ1) is 17.8. The molecular formula is C20H16Cl2N4O. The highest BCUT2D eigenvalue weighted by molar-refractivity contribution is 6.42. The van der Waals surface area contributed by atoms with Crippen LogP contribution in [0.2, 0.25) is 10.0 Å². The van der Waals surface area contributed by atoms with Crippen LogP contribution >= 0.6 is 23.2 Å². The number of aromatic nitrogens is 2. The van der Waals surface area contributed by atoms with Crippen molar-refractivity contribution in [1.82, 2.24) is 14.9 Å². The van der Waals surface area contributed by atoms with Gasteiger partial charge in [-0.2, -0.15) is 0 Å². The van der Waals surface area contributed by atoms with Gasteiger partial charge in [0, 0.05) is 24.8 Å². The number of anilines is 2. The Morgan fingerprint density at radius 1 is 1.00 bits per heavy atom. The van der Waals surface area contributed by atoms with Gasteiger partial charge in [0.25, 0.3) is 5.91 Å². The zero-order valence-electron chi connectivity index (χ0n) is 14.3. The maximum absolute atomic E-state index is 12.9. The van der Waals surface area contributed by atoms with Gasteiger partial charge in [-0.25, -0.2) is 9.97 Å². The normalized spacial score (nSPS) is 13.2. The molecule has 1 aromatic heterocycles. The molecule has 0 bridgehead atoms. The van der Waals surface area contributed by atoms with Crippen molar-refractivity contribution in [2.24, 2.45) is 0 Å². The van der Waals surface area contributed by atoms with E-state index in [9.17, 15) is 4.79 Å². The minimum Gasteiger partial charge on any atom is -0.340 e. The van der Waals surface area contributed by atoms with Crippen LogP contribution in [-0.4, -0.2) is 27.3 Å². The number of fused-ring (bicyclic) bond motifs is 1. The molecule has 0 saturated carbocycles. The lowest BCUT2D eigenvalue weighted by molar-refractivity contribution is 0.0728. The first-order chi connectivity index (χ1) is 13.1. The average molecular weight is 399 g/mol. The third-order valence-corrected chi connectivity index (χ3v) is 5.24. The average Bonchev–Trinajstić information content (AvgIpc) is 2.70. The number of hydrogen-bond donors (Lipinski definition) is 1. The first-order valence-electron chi connectivity index (χ1n) is 8.50. The van der Waals surface area contributed by atoms with Gasteiger partial charge < -0.3 is 10.2 Å². The fourth-order valence-electron chi connectivity index (χ4n) is 3.10. The molecule has 3 aromatic rings. The van der Waals surface area contributed by atoms with Gasteiger partial charge in [-0.05, 0) is 35.7 Å². The fourth-order valence-corrected chi connectivity index (χ4v) is 3.39. The van der Waals surface area contributed by atoms with E-state index in [0.717, 1.165) is 12.1 Å². The third kappa shape index (κ3) is 3.89. The maximum atomic E-state index is 12.9. The van der Waals surface area contributed by atoms with Crippen molar-refractivity contribution in [3.05, 3.63) is 81.7 Å². The molecule has 136 valence electrons. The van der Waals surface area contributed by atoms with Crippen LogP contribution in [0.1, 0.15) is 21.6 Å². The third-order valence-electron chi connectivity index (χ3n) is 4.50. The number of halogens is 2. The van der Waals surface area contributed by atoms with Crippen LogP contribution in [-0.2, 0) is 13.0 Å². The number of amides is 1. The molecule has 7 heteroatoms. The summed E-state index contributed by atoms with van der Waals surface area (Å²) in [7, 11) is 0. The zero-order valence-corrected chi connectivity index (χ0v) is 15.8. The minimum atomic E-state index is -0.107. The molecule has 0 saturated heterocycles. The van der Waals surface area contributed by atoms with Crippen LogP contribution in [0.15, 0.2) is 54.9 Å². The number of nitrogens with one attached hydrogen (secondary N) is 1. The number of rotatable bonds is 3. The largest absolute Gasteiger partial charge is 0.340 e. The first-order valence-corrected chi connectivity index (χ1v) is 9.26. The Morgan fingerprint density at radius 3 is 2.63 bits per heavy atom. The molecule has 5 nitrogen and oxygen atoms in total. The number of hydrogen-bond acceptors (Lipinski definition) is 4. The Hall–Kier alpha value is -2.63. The van der Waals surface area contributed by atoms with Crippen LogP contribution in [0.4, 0.5) is 11.5 Å². The number of carbonyl (C=O) groups is 1. The summed E-state index contributed by atoms with van der Waals surface area (Å²) >= 11 is 12.0. The Labute approximate surface area is 167 Å². The van der Waals surface area contributed by atoms with E-state index in [1.54, 1.807) is 24.3 Å². The lowest BCUT2D eigenvalue weighted by Crippen LogP contribution is -2.36. The minimum absolute atomic E-state index is 0.107. The van der Waals surface area contributed by atoms with Crippen molar-refractivity contribution >= 4 is 40.6 Å². The quantitative estimate of drug-likeness (QED) is 0.692. The molecule has 2 aromatic carbocycles. The van der Waals surface area contributed by atoms with Crippen LogP contribution in [0.5, 0.6) is 0 Å². The second-order valence-corrected chi connectivity index (χ2v) is 7.10. The van der Waals surface area contributed by atoms with E-state index in [-0.39, 0.29) is 5.91 Å². The fraction of sp³-hybridized carbons (Fsp3) is 0.150. The van der Waals surface area contributed by atoms with Crippen LogP contribution in [0.3, 0.4) is 0 Å². The highest BCUT2D eigenvalue weighted by atomic mass is 35.5. The van der Waals surface area contributed by atoms with E-state index < -0.39 is 0 Å². The summed E-state index contributed by atoms with van der Waals surface area (Å²) in [5, 5.41) is 4.04. The standard InChI is InChI=1S/C20H16Cl2N4O/c21-16-6-5-15(9-17(16)22)25-19-10-18(23-12-24-19)20(27)26-8-7-13-3-1-2-4-14(13)11-26/h1-6,9-10,12H,7-8,11H2,(H,23,24,25). The van der Waals surface area contributed by atoms with Crippen molar-refractivity contribution in [3.63, 3.8) is 0 Å². The van der Waals surface area contributed by atoms with Gasteiger partial charge in [-0.3, -0.25) is 4.79 Å². The second kappa shape index (κ2) is 7.55. The Balaban J connectivity index is 1.52. The molecule has 1 amide bonds.